The second-order valence-electron chi connectivity index (χ2n) is 4.82. The highest BCUT2D eigenvalue weighted by atomic mass is 16.5. The number of morpholine rings is 1. The van der Waals surface area contributed by atoms with Crippen molar-refractivity contribution in [3.05, 3.63) is 18.2 Å². The molecule has 3 heterocycles. The molecule has 94 valence electrons. The minimum atomic E-state index is 0.669. The van der Waals surface area contributed by atoms with Crippen molar-refractivity contribution in [3.63, 3.8) is 0 Å². The van der Waals surface area contributed by atoms with Crippen molar-refractivity contribution in [2.45, 2.75) is 12.5 Å². The summed E-state index contributed by atoms with van der Waals surface area (Å²) in [6.45, 7) is 8.24. The Morgan fingerprint density at radius 1 is 1.29 bits per heavy atom. The molecule has 2 aliphatic rings. The summed E-state index contributed by atoms with van der Waals surface area (Å²) in [5.41, 5.74) is 1.39. The molecule has 0 spiro atoms. The predicted molar refractivity (Wildman–Crippen MR) is 65.1 cm³/mol. The first-order valence-electron chi connectivity index (χ1n) is 6.44. The molecule has 0 aliphatic carbocycles. The first kappa shape index (κ1) is 11.2. The van der Waals surface area contributed by atoms with Crippen molar-refractivity contribution >= 4 is 0 Å². The molecule has 0 radical (unpaired) electrons. The quantitative estimate of drug-likeness (QED) is 0.793. The second kappa shape index (κ2) is 5.16. The van der Waals surface area contributed by atoms with Crippen molar-refractivity contribution < 1.29 is 4.74 Å². The number of aromatic nitrogens is 2. The maximum Gasteiger partial charge on any atom is 0.0948 e. The van der Waals surface area contributed by atoms with E-state index in [0.717, 1.165) is 52.5 Å². The van der Waals surface area contributed by atoms with Gasteiger partial charge in [0.1, 0.15) is 0 Å². The Morgan fingerprint density at radius 2 is 2.12 bits per heavy atom. The van der Waals surface area contributed by atoms with Crippen LogP contribution in [0.2, 0.25) is 0 Å². The minimum absolute atomic E-state index is 0.669. The number of hydrogen-bond donors (Lipinski definition) is 1. The van der Waals surface area contributed by atoms with Gasteiger partial charge in [-0.25, -0.2) is 4.98 Å². The Hall–Kier alpha value is -0.910. The number of nitrogens with zero attached hydrogens (tertiary/aromatic N) is 3. The van der Waals surface area contributed by atoms with Crippen LogP contribution < -0.4 is 5.32 Å². The fourth-order valence-corrected chi connectivity index (χ4v) is 2.43. The normalized spacial score (nSPS) is 22.6. The van der Waals surface area contributed by atoms with Crippen LogP contribution in [0, 0.1) is 0 Å². The lowest BCUT2D eigenvalue weighted by molar-refractivity contribution is 0.0362. The van der Waals surface area contributed by atoms with Gasteiger partial charge in [-0.1, -0.05) is 0 Å². The Bertz CT molecular complexity index is 355. The highest BCUT2D eigenvalue weighted by Gasteiger charge is 2.22. The molecule has 2 saturated heterocycles. The summed E-state index contributed by atoms with van der Waals surface area (Å²) in [5.74, 6) is 0.669. The maximum absolute atomic E-state index is 5.36. The van der Waals surface area contributed by atoms with E-state index in [0.29, 0.717) is 5.92 Å². The van der Waals surface area contributed by atoms with Crippen molar-refractivity contribution in [2.75, 3.05) is 45.9 Å². The molecule has 0 amide bonds. The van der Waals surface area contributed by atoms with Crippen LogP contribution in [-0.2, 0) is 11.3 Å². The van der Waals surface area contributed by atoms with Gasteiger partial charge in [-0.05, 0) is 0 Å². The van der Waals surface area contributed by atoms with Crippen LogP contribution in [0.1, 0.15) is 11.6 Å². The largest absolute Gasteiger partial charge is 0.379 e. The lowest BCUT2D eigenvalue weighted by Gasteiger charge is -2.29. The smallest absolute Gasteiger partial charge is 0.0948 e. The van der Waals surface area contributed by atoms with Crippen LogP contribution in [0.25, 0.3) is 0 Å². The molecule has 5 nitrogen and oxygen atoms in total. The van der Waals surface area contributed by atoms with E-state index in [4.69, 9.17) is 4.74 Å². The van der Waals surface area contributed by atoms with Crippen molar-refractivity contribution in [1.29, 1.82) is 0 Å². The third-order valence-electron chi connectivity index (χ3n) is 3.71. The lowest BCUT2D eigenvalue weighted by Crippen LogP contribution is -2.41. The minimum Gasteiger partial charge on any atom is -0.379 e. The van der Waals surface area contributed by atoms with Crippen LogP contribution >= 0.6 is 0 Å². The number of imidazole rings is 1. The summed E-state index contributed by atoms with van der Waals surface area (Å²) in [7, 11) is 0. The summed E-state index contributed by atoms with van der Waals surface area (Å²) in [5, 5.41) is 3.31. The van der Waals surface area contributed by atoms with Gasteiger partial charge in [0, 0.05) is 57.1 Å². The second-order valence-corrected chi connectivity index (χ2v) is 4.82. The molecule has 2 aliphatic heterocycles. The zero-order chi connectivity index (χ0) is 11.5. The summed E-state index contributed by atoms with van der Waals surface area (Å²) in [6.07, 6.45) is 3.99. The monoisotopic (exact) mass is 236 g/mol. The molecule has 0 unspecified atom stereocenters. The SMILES string of the molecule is c1ncn(CCN2CCOCC2)c1C1CNC1. The summed E-state index contributed by atoms with van der Waals surface area (Å²) in [6, 6.07) is 0. The first-order chi connectivity index (χ1) is 8.43. The van der Waals surface area contributed by atoms with Crippen LogP contribution in [0.5, 0.6) is 0 Å². The van der Waals surface area contributed by atoms with Gasteiger partial charge in [0.15, 0.2) is 0 Å². The Labute approximate surface area is 102 Å². The highest BCUT2D eigenvalue weighted by molar-refractivity contribution is 5.11. The molecule has 1 N–H and O–H groups in total. The molecule has 0 atom stereocenters. The molecule has 2 fully saturated rings. The van der Waals surface area contributed by atoms with Gasteiger partial charge >= 0.3 is 0 Å². The Balaban J connectivity index is 1.55. The van der Waals surface area contributed by atoms with E-state index in [-0.39, 0.29) is 0 Å². The summed E-state index contributed by atoms with van der Waals surface area (Å²) < 4.78 is 7.66. The summed E-state index contributed by atoms with van der Waals surface area (Å²) >= 11 is 0. The molecule has 0 bridgehead atoms. The zero-order valence-corrected chi connectivity index (χ0v) is 10.1. The van der Waals surface area contributed by atoms with Crippen molar-refractivity contribution in [1.82, 2.24) is 19.8 Å². The van der Waals surface area contributed by atoms with Gasteiger partial charge in [-0.2, -0.15) is 0 Å². The molecule has 0 saturated carbocycles. The van der Waals surface area contributed by atoms with Crippen LogP contribution in [0.15, 0.2) is 12.5 Å². The maximum atomic E-state index is 5.36. The summed E-state index contributed by atoms with van der Waals surface area (Å²) in [4.78, 5) is 6.75. The van der Waals surface area contributed by atoms with Gasteiger partial charge in [-0.3, -0.25) is 4.90 Å². The van der Waals surface area contributed by atoms with Crippen molar-refractivity contribution in [2.24, 2.45) is 0 Å². The standard InChI is InChI=1S/C12H20N4O/c1(15-3-5-17-6-4-15)2-16-10-14-9-12(16)11-7-13-8-11/h9-11,13H,1-8H2. The van der Waals surface area contributed by atoms with Crippen molar-refractivity contribution in [3.8, 4) is 0 Å². The molecule has 3 rings (SSSR count). The Morgan fingerprint density at radius 3 is 2.82 bits per heavy atom. The highest BCUT2D eigenvalue weighted by Crippen LogP contribution is 2.19. The predicted octanol–water partition coefficient (Wildman–Crippen LogP) is -0.0979. The first-order valence-corrected chi connectivity index (χ1v) is 6.44. The van der Waals surface area contributed by atoms with Gasteiger partial charge in [0.25, 0.3) is 0 Å². The van der Waals surface area contributed by atoms with E-state index in [1.807, 2.05) is 12.5 Å². The zero-order valence-electron chi connectivity index (χ0n) is 10.1. The van der Waals surface area contributed by atoms with Gasteiger partial charge in [0.2, 0.25) is 0 Å². The molecule has 17 heavy (non-hydrogen) atoms. The Kier molecular flexibility index (Phi) is 3.40. The van der Waals surface area contributed by atoms with Crippen LogP contribution in [0.4, 0.5) is 0 Å². The number of nitrogens with one attached hydrogen (secondary N) is 1. The lowest BCUT2D eigenvalue weighted by atomic mass is 10.00. The van der Waals surface area contributed by atoms with Gasteiger partial charge in [-0.15, -0.1) is 0 Å². The molecule has 1 aromatic rings. The van der Waals surface area contributed by atoms with E-state index >= 15 is 0 Å². The molecule has 1 aromatic heterocycles. The van der Waals surface area contributed by atoms with Crippen LogP contribution in [0.3, 0.4) is 0 Å². The van der Waals surface area contributed by atoms with E-state index in [1.165, 1.54) is 5.69 Å². The van der Waals surface area contributed by atoms with Crippen LogP contribution in [-0.4, -0.2) is 60.4 Å². The fourth-order valence-electron chi connectivity index (χ4n) is 2.43. The van der Waals surface area contributed by atoms with E-state index < -0.39 is 0 Å². The van der Waals surface area contributed by atoms with E-state index in [2.05, 4.69) is 19.8 Å². The third-order valence-corrected chi connectivity index (χ3v) is 3.71. The topological polar surface area (TPSA) is 42.3 Å². The fraction of sp³-hybridized carbons (Fsp3) is 0.750. The average Bonchev–Trinajstić information content (AvgIpc) is 2.74. The van der Waals surface area contributed by atoms with E-state index in [9.17, 15) is 0 Å². The number of ether oxygens (including phenoxy) is 1. The molecule has 5 heteroatoms. The van der Waals surface area contributed by atoms with Gasteiger partial charge < -0.3 is 14.6 Å². The molecular formula is C12H20N4O. The average molecular weight is 236 g/mol. The van der Waals surface area contributed by atoms with Gasteiger partial charge in [0.05, 0.1) is 19.5 Å². The number of rotatable bonds is 4. The third kappa shape index (κ3) is 2.51. The number of hydrogen-bond acceptors (Lipinski definition) is 4. The van der Waals surface area contributed by atoms with E-state index in [1.54, 1.807) is 0 Å². The molecular weight excluding hydrogens is 216 g/mol. The molecule has 0 aromatic carbocycles.